The molecule has 260 valence electrons. The number of fused-ring (bicyclic) bond motifs is 2. The summed E-state index contributed by atoms with van der Waals surface area (Å²) in [5, 5.41) is 22.0. The Bertz CT molecular complexity index is 1590. The number of Topliss-reactive ketones (excluding diaryl/α,β-unsaturated/α-hetero) is 3. The van der Waals surface area contributed by atoms with Crippen molar-refractivity contribution in [1.29, 1.82) is 0 Å². The molecule has 0 aromatic heterocycles. The van der Waals surface area contributed by atoms with Crippen LogP contribution < -0.4 is 0 Å². The first-order valence-electron chi connectivity index (χ1n) is 17.5. The molecule has 1 aromatic rings. The van der Waals surface area contributed by atoms with Gasteiger partial charge in [0.25, 0.3) is 0 Å². The first-order valence-corrected chi connectivity index (χ1v) is 17.5. The van der Waals surface area contributed by atoms with E-state index in [1.807, 2.05) is 53.7 Å². The van der Waals surface area contributed by atoms with Crippen molar-refractivity contribution in [3.63, 3.8) is 0 Å². The minimum Gasteiger partial charge on any atom is -0.508 e. The minimum atomic E-state index is -1.57. The summed E-state index contributed by atoms with van der Waals surface area (Å²) < 4.78 is 0. The lowest BCUT2D eigenvalue weighted by Gasteiger charge is -2.61. The van der Waals surface area contributed by atoms with E-state index in [4.69, 9.17) is 0 Å². The van der Waals surface area contributed by atoms with Crippen LogP contribution in [0, 0.1) is 22.2 Å². The Labute approximate surface area is 289 Å². The third-order valence-corrected chi connectivity index (χ3v) is 10.7. The smallest absolute Gasteiger partial charge is 0.184 e. The molecule has 0 spiro atoms. The average Bonchev–Trinajstić information content (AvgIpc) is 2.99. The van der Waals surface area contributed by atoms with Gasteiger partial charge in [0.1, 0.15) is 22.5 Å². The van der Waals surface area contributed by atoms with Crippen molar-refractivity contribution >= 4 is 23.1 Å². The van der Waals surface area contributed by atoms with E-state index in [1.54, 1.807) is 12.1 Å². The summed E-state index contributed by atoms with van der Waals surface area (Å²) in [6, 6.07) is 5.95. The number of aliphatic hydroxyl groups is 1. The molecule has 2 bridgehead atoms. The zero-order chi connectivity index (χ0) is 36.0. The Morgan fingerprint density at radius 1 is 0.792 bits per heavy atom. The number of benzene rings is 1. The molecule has 2 fully saturated rings. The second kappa shape index (κ2) is 15.7. The summed E-state index contributed by atoms with van der Waals surface area (Å²) in [7, 11) is 0. The molecule has 2 N–H and O–H groups in total. The van der Waals surface area contributed by atoms with Gasteiger partial charge in [0.2, 0.25) is 0 Å². The van der Waals surface area contributed by atoms with Crippen molar-refractivity contribution in [2.45, 2.75) is 121 Å². The number of aromatic hydroxyl groups is 1. The van der Waals surface area contributed by atoms with Crippen LogP contribution in [0.15, 0.2) is 88.1 Å². The number of carbonyl (C=O) groups is 3. The van der Waals surface area contributed by atoms with E-state index in [-0.39, 0.29) is 47.8 Å². The molecule has 2 saturated carbocycles. The molecule has 1 aromatic carbocycles. The summed E-state index contributed by atoms with van der Waals surface area (Å²) in [6.07, 6.45) is 14.9. The molecule has 0 aliphatic heterocycles. The highest BCUT2D eigenvalue weighted by Crippen LogP contribution is 2.67. The fourth-order valence-corrected chi connectivity index (χ4v) is 7.76. The molecule has 0 unspecified atom stereocenters. The Hall–Kier alpha value is -3.73. The summed E-state index contributed by atoms with van der Waals surface area (Å²) in [4.78, 5) is 45.5. The zero-order valence-electron chi connectivity index (χ0n) is 31.0. The van der Waals surface area contributed by atoms with E-state index in [9.17, 15) is 15.0 Å². The van der Waals surface area contributed by atoms with Crippen LogP contribution in [0.25, 0.3) is 5.76 Å². The molecule has 0 saturated heterocycles. The number of phenolic OH excluding ortho intramolecular Hbond substituents is 1. The number of ketones is 3. The molecule has 5 nitrogen and oxygen atoms in total. The predicted molar refractivity (Wildman–Crippen MR) is 198 cm³/mol. The largest absolute Gasteiger partial charge is 0.508 e. The first-order chi connectivity index (χ1) is 22.4. The summed E-state index contributed by atoms with van der Waals surface area (Å²) in [5.74, 6) is -2.23. The SMILES string of the molecule is CC(C)=CCC/C(C)=C/C[C@@H]1C[C@@]2(CC=C(C)C)C(=O)/C(=C(\O)c3cccc(O)c3)C(=O)[C@](CC=C(C)C)(C2=O)[C@@]1(C)CCC=C(C)C. The number of phenols is 1. The maximum Gasteiger partial charge on any atom is 0.184 e. The number of hydrogen-bond acceptors (Lipinski definition) is 5. The number of allylic oxidation sites excluding steroid dienone is 11. The lowest BCUT2D eigenvalue weighted by atomic mass is 9.37. The molecular weight excluding hydrogens is 596 g/mol. The van der Waals surface area contributed by atoms with Crippen LogP contribution in [0.3, 0.4) is 0 Å². The molecule has 0 amide bonds. The maximum atomic E-state index is 15.4. The van der Waals surface area contributed by atoms with Crippen LogP contribution >= 0.6 is 0 Å². The van der Waals surface area contributed by atoms with E-state index < -0.39 is 33.6 Å². The third kappa shape index (κ3) is 7.77. The van der Waals surface area contributed by atoms with Crippen LogP contribution in [-0.2, 0) is 14.4 Å². The second-order valence-corrected chi connectivity index (χ2v) is 15.5. The fraction of sp³-hybridized carbons (Fsp3) is 0.512. The van der Waals surface area contributed by atoms with E-state index in [0.29, 0.717) is 19.3 Å². The number of hydrogen-bond donors (Lipinski definition) is 2. The van der Waals surface area contributed by atoms with E-state index in [1.165, 1.54) is 23.3 Å². The fourth-order valence-electron chi connectivity index (χ4n) is 7.76. The number of rotatable bonds is 13. The van der Waals surface area contributed by atoms with Crippen molar-refractivity contribution in [2.75, 3.05) is 0 Å². The normalized spacial score (nSPS) is 26.5. The van der Waals surface area contributed by atoms with Gasteiger partial charge in [-0.15, -0.1) is 0 Å². The molecule has 4 atom stereocenters. The number of carbonyl (C=O) groups excluding carboxylic acids is 3. The Balaban J connectivity index is 2.43. The molecule has 5 heteroatoms. The van der Waals surface area contributed by atoms with Crippen LogP contribution in [-0.4, -0.2) is 27.6 Å². The van der Waals surface area contributed by atoms with Crippen molar-refractivity contribution in [1.82, 2.24) is 0 Å². The molecule has 2 aliphatic rings. The third-order valence-electron chi connectivity index (χ3n) is 10.7. The monoisotopic (exact) mass is 654 g/mol. The van der Waals surface area contributed by atoms with Gasteiger partial charge in [0.05, 0.1) is 5.41 Å². The van der Waals surface area contributed by atoms with Crippen LogP contribution in [0.4, 0.5) is 0 Å². The molecule has 48 heavy (non-hydrogen) atoms. The van der Waals surface area contributed by atoms with Gasteiger partial charge in [-0.2, -0.15) is 0 Å². The van der Waals surface area contributed by atoms with Crippen LogP contribution in [0.5, 0.6) is 5.75 Å². The van der Waals surface area contributed by atoms with Gasteiger partial charge < -0.3 is 10.2 Å². The van der Waals surface area contributed by atoms with Crippen molar-refractivity contribution in [3.8, 4) is 5.75 Å². The van der Waals surface area contributed by atoms with Gasteiger partial charge in [0, 0.05) is 5.56 Å². The minimum absolute atomic E-state index is 0.0940. The Kier molecular flexibility index (Phi) is 12.6. The Morgan fingerprint density at radius 3 is 1.96 bits per heavy atom. The van der Waals surface area contributed by atoms with Gasteiger partial charge in [0.15, 0.2) is 17.3 Å². The van der Waals surface area contributed by atoms with Crippen molar-refractivity contribution in [2.24, 2.45) is 22.2 Å². The van der Waals surface area contributed by atoms with E-state index in [2.05, 4.69) is 45.9 Å². The van der Waals surface area contributed by atoms with Crippen molar-refractivity contribution < 1.29 is 24.6 Å². The molecule has 2 aliphatic carbocycles. The van der Waals surface area contributed by atoms with Gasteiger partial charge >= 0.3 is 0 Å². The molecular formula is C43H58O5. The van der Waals surface area contributed by atoms with Gasteiger partial charge in [-0.3, -0.25) is 14.4 Å². The average molecular weight is 655 g/mol. The summed E-state index contributed by atoms with van der Waals surface area (Å²) in [6.45, 7) is 20.3. The van der Waals surface area contributed by atoms with E-state index >= 15 is 9.59 Å². The summed E-state index contributed by atoms with van der Waals surface area (Å²) in [5.41, 5.74) is 1.60. The van der Waals surface area contributed by atoms with E-state index in [0.717, 1.165) is 29.6 Å². The lowest BCUT2D eigenvalue weighted by Crippen LogP contribution is -2.70. The highest BCUT2D eigenvalue weighted by Gasteiger charge is 2.74. The molecule has 3 rings (SSSR count). The van der Waals surface area contributed by atoms with Crippen molar-refractivity contribution in [3.05, 3.63) is 93.6 Å². The summed E-state index contributed by atoms with van der Waals surface area (Å²) >= 11 is 0. The molecule has 0 heterocycles. The van der Waals surface area contributed by atoms with Crippen LogP contribution in [0.1, 0.15) is 126 Å². The first kappa shape index (κ1) is 38.7. The molecule has 0 radical (unpaired) electrons. The zero-order valence-corrected chi connectivity index (χ0v) is 31.0. The predicted octanol–water partition coefficient (Wildman–Crippen LogP) is 10.9. The highest BCUT2D eigenvalue weighted by atomic mass is 16.3. The topological polar surface area (TPSA) is 91.7 Å². The standard InChI is InChI=1S/C43H58O5/c1-28(2)14-11-16-32(9)19-20-34-27-42(24-21-30(5)6)38(46)36(37(45)33-17-12-18-35(44)26-33)39(47)43(40(42)48,25-22-31(7)8)41(34,10)23-13-15-29(3)4/h12,14-15,17-19,21-22,26,34,44-45H,11,13,16,20,23-25,27H2,1-10H3/b32-19+,37-36+/t34-,41+,42+,43-/m1/s1. The number of aliphatic hydroxyl groups excluding tert-OH is 1. The highest BCUT2D eigenvalue weighted by molar-refractivity contribution is 6.41. The Morgan fingerprint density at radius 2 is 1.38 bits per heavy atom. The second-order valence-electron chi connectivity index (χ2n) is 15.5. The van der Waals surface area contributed by atoms with Crippen LogP contribution in [0.2, 0.25) is 0 Å². The van der Waals surface area contributed by atoms with Gasteiger partial charge in [-0.05, 0) is 137 Å². The maximum absolute atomic E-state index is 15.4. The quantitative estimate of drug-likeness (QED) is 0.0726. The van der Waals surface area contributed by atoms with Gasteiger partial charge in [-0.25, -0.2) is 0 Å². The van der Waals surface area contributed by atoms with Gasteiger partial charge in [-0.1, -0.05) is 77.3 Å². The lowest BCUT2D eigenvalue weighted by molar-refractivity contribution is -0.178.